The largest absolute Gasteiger partial charge is 0.340 e. The van der Waals surface area contributed by atoms with Crippen molar-refractivity contribution in [3.8, 4) is 0 Å². The summed E-state index contributed by atoms with van der Waals surface area (Å²) < 4.78 is 1.98. The molecule has 1 aromatic heterocycles. The topological polar surface area (TPSA) is 55.9 Å². The van der Waals surface area contributed by atoms with Crippen molar-refractivity contribution in [1.29, 1.82) is 0 Å². The van der Waals surface area contributed by atoms with Crippen molar-refractivity contribution in [3.05, 3.63) is 18.2 Å². The Kier molecular flexibility index (Phi) is 4.18. The molecule has 0 amide bonds. The number of hydrogen-bond donors (Lipinski definition) is 2. The maximum absolute atomic E-state index is 5.71. The number of imidazole rings is 1. The van der Waals surface area contributed by atoms with Gasteiger partial charge in [0.05, 0.1) is 18.1 Å². The lowest BCUT2D eigenvalue weighted by molar-refractivity contribution is 0.217. The Morgan fingerprint density at radius 2 is 2.18 bits per heavy atom. The molecule has 96 valence electrons. The van der Waals surface area contributed by atoms with E-state index in [0.717, 1.165) is 11.6 Å². The van der Waals surface area contributed by atoms with Gasteiger partial charge in [-0.1, -0.05) is 26.2 Å². The number of nitrogens with zero attached hydrogens (tertiary/aromatic N) is 2. The summed E-state index contributed by atoms with van der Waals surface area (Å²) in [4.78, 5) is 4.42. The fourth-order valence-electron chi connectivity index (χ4n) is 2.99. The molecule has 1 fully saturated rings. The van der Waals surface area contributed by atoms with Crippen LogP contribution in [0.3, 0.4) is 0 Å². The third-order valence-corrected chi connectivity index (χ3v) is 4.16. The number of nitrogens with two attached hydrogens (primary N) is 1. The molecule has 4 nitrogen and oxygen atoms in total. The Morgan fingerprint density at radius 3 is 2.65 bits per heavy atom. The molecular formula is C13H24N4. The normalized spacial score (nSPS) is 27.0. The molecule has 0 saturated heterocycles. The summed E-state index contributed by atoms with van der Waals surface area (Å²) in [5, 5.41) is 0. The van der Waals surface area contributed by atoms with Crippen LogP contribution in [0.1, 0.15) is 50.8 Å². The van der Waals surface area contributed by atoms with Gasteiger partial charge in [-0.2, -0.15) is 0 Å². The van der Waals surface area contributed by atoms with Crippen LogP contribution < -0.4 is 11.3 Å². The van der Waals surface area contributed by atoms with Gasteiger partial charge in [0.25, 0.3) is 0 Å². The first-order chi connectivity index (χ1) is 8.24. The minimum Gasteiger partial charge on any atom is -0.340 e. The van der Waals surface area contributed by atoms with E-state index in [1.54, 1.807) is 0 Å². The number of aryl methyl sites for hydroxylation is 1. The van der Waals surface area contributed by atoms with Gasteiger partial charge in [-0.3, -0.25) is 11.3 Å². The van der Waals surface area contributed by atoms with Gasteiger partial charge in [-0.05, 0) is 24.7 Å². The molecule has 3 N–H and O–H groups in total. The van der Waals surface area contributed by atoms with Crippen LogP contribution in [-0.2, 0) is 7.05 Å². The van der Waals surface area contributed by atoms with Crippen molar-refractivity contribution in [1.82, 2.24) is 15.0 Å². The molecule has 0 spiro atoms. The molecule has 4 heteroatoms. The smallest absolute Gasteiger partial charge is 0.0947 e. The van der Waals surface area contributed by atoms with Gasteiger partial charge >= 0.3 is 0 Å². The summed E-state index contributed by atoms with van der Waals surface area (Å²) in [5.41, 5.74) is 4.04. The number of nitrogens with one attached hydrogen (secondary N) is 1. The van der Waals surface area contributed by atoms with E-state index in [1.807, 2.05) is 17.9 Å². The van der Waals surface area contributed by atoms with Crippen LogP contribution in [0.25, 0.3) is 0 Å². The molecular weight excluding hydrogens is 212 g/mol. The van der Waals surface area contributed by atoms with Crippen LogP contribution in [0.2, 0.25) is 0 Å². The average molecular weight is 236 g/mol. The van der Waals surface area contributed by atoms with Crippen molar-refractivity contribution in [2.75, 3.05) is 0 Å². The predicted octanol–water partition coefficient (Wildman–Crippen LogP) is 2.14. The zero-order valence-electron chi connectivity index (χ0n) is 10.9. The zero-order chi connectivity index (χ0) is 12.3. The Balaban J connectivity index is 2.00. The molecule has 0 radical (unpaired) electrons. The lowest BCUT2D eigenvalue weighted by Gasteiger charge is -2.32. The fourth-order valence-corrected chi connectivity index (χ4v) is 2.99. The number of hydrogen-bond acceptors (Lipinski definition) is 3. The van der Waals surface area contributed by atoms with E-state index >= 15 is 0 Å². The molecule has 1 saturated carbocycles. The van der Waals surface area contributed by atoms with Crippen LogP contribution >= 0.6 is 0 Å². The molecule has 1 atom stereocenters. The summed E-state index contributed by atoms with van der Waals surface area (Å²) in [7, 11) is 2.00. The van der Waals surface area contributed by atoms with Crippen molar-refractivity contribution in [2.24, 2.45) is 24.7 Å². The standard InChI is InChI=1S/C13H24N4/c1-3-10-4-6-11(7-5-10)13(16-14)12-8-17(2)9-15-12/h8-11,13,16H,3-7,14H2,1-2H3. The maximum atomic E-state index is 5.71. The molecule has 0 aliphatic heterocycles. The van der Waals surface area contributed by atoms with E-state index in [-0.39, 0.29) is 6.04 Å². The lowest BCUT2D eigenvalue weighted by atomic mass is 9.77. The SMILES string of the molecule is CCC1CCC(C(NN)c2cn(C)cn2)CC1. The van der Waals surface area contributed by atoms with E-state index in [4.69, 9.17) is 5.84 Å². The fraction of sp³-hybridized carbons (Fsp3) is 0.769. The highest BCUT2D eigenvalue weighted by Gasteiger charge is 2.28. The van der Waals surface area contributed by atoms with Gasteiger partial charge in [-0.15, -0.1) is 0 Å². The third-order valence-electron chi connectivity index (χ3n) is 4.16. The second-order valence-corrected chi connectivity index (χ2v) is 5.30. The molecule has 1 aliphatic rings. The second-order valence-electron chi connectivity index (χ2n) is 5.30. The van der Waals surface area contributed by atoms with E-state index in [2.05, 4.69) is 23.5 Å². The van der Waals surface area contributed by atoms with Crippen LogP contribution in [0.4, 0.5) is 0 Å². The first-order valence-electron chi connectivity index (χ1n) is 6.68. The zero-order valence-corrected chi connectivity index (χ0v) is 10.9. The van der Waals surface area contributed by atoms with Crippen LogP contribution in [-0.4, -0.2) is 9.55 Å². The monoisotopic (exact) mass is 236 g/mol. The Labute approximate surface area is 104 Å². The van der Waals surface area contributed by atoms with E-state index < -0.39 is 0 Å². The van der Waals surface area contributed by atoms with Crippen molar-refractivity contribution in [2.45, 2.75) is 45.1 Å². The average Bonchev–Trinajstić information content (AvgIpc) is 2.78. The minimum atomic E-state index is 0.217. The first-order valence-corrected chi connectivity index (χ1v) is 6.68. The summed E-state index contributed by atoms with van der Waals surface area (Å²) >= 11 is 0. The summed E-state index contributed by atoms with van der Waals surface area (Å²) in [6, 6.07) is 0.217. The van der Waals surface area contributed by atoms with E-state index in [9.17, 15) is 0 Å². The summed E-state index contributed by atoms with van der Waals surface area (Å²) in [6.07, 6.45) is 10.4. The van der Waals surface area contributed by atoms with E-state index in [1.165, 1.54) is 32.1 Å². The highest BCUT2D eigenvalue weighted by atomic mass is 15.2. The van der Waals surface area contributed by atoms with Gasteiger partial charge in [0.2, 0.25) is 0 Å². The predicted molar refractivity (Wildman–Crippen MR) is 69.0 cm³/mol. The van der Waals surface area contributed by atoms with Crippen molar-refractivity contribution < 1.29 is 0 Å². The van der Waals surface area contributed by atoms with Gasteiger partial charge in [-0.25, -0.2) is 4.98 Å². The summed E-state index contributed by atoms with van der Waals surface area (Å²) in [5.74, 6) is 7.27. The van der Waals surface area contributed by atoms with Crippen molar-refractivity contribution in [3.63, 3.8) is 0 Å². The Morgan fingerprint density at radius 1 is 1.47 bits per heavy atom. The number of aromatic nitrogens is 2. The molecule has 1 aromatic rings. The first kappa shape index (κ1) is 12.6. The minimum absolute atomic E-state index is 0.217. The quantitative estimate of drug-likeness (QED) is 0.622. The highest BCUT2D eigenvalue weighted by Crippen LogP contribution is 2.37. The van der Waals surface area contributed by atoms with Crippen molar-refractivity contribution >= 4 is 0 Å². The van der Waals surface area contributed by atoms with Gasteiger partial charge in [0.1, 0.15) is 0 Å². The second kappa shape index (κ2) is 5.65. The molecule has 17 heavy (non-hydrogen) atoms. The third kappa shape index (κ3) is 2.87. The van der Waals surface area contributed by atoms with Crippen LogP contribution in [0.5, 0.6) is 0 Å². The molecule has 1 unspecified atom stereocenters. The maximum Gasteiger partial charge on any atom is 0.0947 e. The number of hydrazine groups is 1. The Hall–Kier alpha value is -0.870. The van der Waals surface area contributed by atoms with Gasteiger partial charge in [0, 0.05) is 13.2 Å². The molecule has 0 bridgehead atoms. The van der Waals surface area contributed by atoms with E-state index in [0.29, 0.717) is 5.92 Å². The highest BCUT2D eigenvalue weighted by molar-refractivity contribution is 5.05. The van der Waals surface area contributed by atoms with Crippen LogP contribution in [0, 0.1) is 11.8 Å². The molecule has 2 rings (SSSR count). The van der Waals surface area contributed by atoms with Gasteiger partial charge in [0.15, 0.2) is 0 Å². The summed E-state index contributed by atoms with van der Waals surface area (Å²) in [6.45, 7) is 2.29. The van der Waals surface area contributed by atoms with Crippen LogP contribution in [0.15, 0.2) is 12.5 Å². The van der Waals surface area contributed by atoms with Gasteiger partial charge < -0.3 is 4.57 Å². The molecule has 0 aromatic carbocycles. The molecule has 1 aliphatic carbocycles. The lowest BCUT2D eigenvalue weighted by Crippen LogP contribution is -2.35. The molecule has 1 heterocycles. The Bertz CT molecular complexity index is 339. The number of rotatable bonds is 4.